The molecular weight excluding hydrogens is 359 g/mol. The molecule has 0 unspecified atom stereocenters. The maximum Gasteiger partial charge on any atom is 0.317 e. The number of nitrogens with zero attached hydrogens (tertiary/aromatic N) is 3. The Bertz CT molecular complexity index is 943. The van der Waals surface area contributed by atoms with Crippen LogP contribution in [0.25, 0.3) is 11.4 Å². The zero-order chi connectivity index (χ0) is 19.5. The van der Waals surface area contributed by atoms with Crippen molar-refractivity contribution in [3.63, 3.8) is 0 Å². The summed E-state index contributed by atoms with van der Waals surface area (Å²) in [5.41, 5.74) is 1.75. The number of aromatic nitrogens is 2. The number of rotatable bonds is 4. The van der Waals surface area contributed by atoms with Crippen LogP contribution >= 0.6 is 0 Å². The quantitative estimate of drug-likeness (QED) is 0.747. The zero-order valence-corrected chi connectivity index (χ0v) is 15.5. The third kappa shape index (κ3) is 3.88. The first-order valence-electron chi connectivity index (χ1n) is 9.26. The highest BCUT2D eigenvalue weighted by Crippen LogP contribution is 2.32. The fourth-order valence-electron chi connectivity index (χ4n) is 3.44. The minimum absolute atomic E-state index is 0.00142. The van der Waals surface area contributed by atoms with E-state index in [-0.39, 0.29) is 23.7 Å². The first-order valence-corrected chi connectivity index (χ1v) is 9.26. The Balaban J connectivity index is 1.38. The molecule has 1 aliphatic heterocycles. The van der Waals surface area contributed by atoms with Gasteiger partial charge in [-0.2, -0.15) is 4.98 Å². The highest BCUT2D eigenvalue weighted by atomic mass is 19.1. The highest BCUT2D eigenvalue weighted by Gasteiger charge is 2.37. The summed E-state index contributed by atoms with van der Waals surface area (Å²) >= 11 is 0. The lowest BCUT2D eigenvalue weighted by molar-refractivity contribution is 0.206. The van der Waals surface area contributed by atoms with Crippen molar-refractivity contribution in [2.75, 3.05) is 13.1 Å². The second-order valence-electron chi connectivity index (χ2n) is 7.10. The highest BCUT2D eigenvalue weighted by molar-refractivity contribution is 5.74. The van der Waals surface area contributed by atoms with E-state index in [0.717, 1.165) is 11.1 Å². The van der Waals surface area contributed by atoms with Gasteiger partial charge in [0, 0.05) is 25.2 Å². The Hall–Kier alpha value is -3.22. The van der Waals surface area contributed by atoms with Crippen LogP contribution in [-0.4, -0.2) is 34.2 Å². The molecule has 0 radical (unpaired) electrons. The molecule has 4 rings (SSSR count). The molecule has 1 saturated heterocycles. The molecule has 1 N–H and O–H groups in total. The lowest BCUT2D eigenvalue weighted by Gasteiger charge is -2.17. The molecule has 0 bridgehead atoms. The van der Waals surface area contributed by atoms with Crippen molar-refractivity contribution < 1.29 is 13.7 Å². The molecule has 28 heavy (non-hydrogen) atoms. The van der Waals surface area contributed by atoms with Crippen LogP contribution in [0, 0.1) is 11.7 Å². The van der Waals surface area contributed by atoms with E-state index in [1.807, 2.05) is 30.3 Å². The van der Waals surface area contributed by atoms with Crippen molar-refractivity contribution in [1.29, 1.82) is 0 Å². The Labute approximate surface area is 162 Å². The van der Waals surface area contributed by atoms with Gasteiger partial charge in [0.15, 0.2) is 0 Å². The summed E-state index contributed by atoms with van der Waals surface area (Å²) < 4.78 is 18.5. The van der Waals surface area contributed by atoms with Crippen LogP contribution in [-0.2, 0) is 6.54 Å². The lowest BCUT2D eigenvalue weighted by atomic mass is 9.98. The Morgan fingerprint density at radius 3 is 2.68 bits per heavy atom. The number of urea groups is 1. The number of benzene rings is 2. The predicted octanol–water partition coefficient (Wildman–Crippen LogP) is 3.82. The summed E-state index contributed by atoms with van der Waals surface area (Å²) in [7, 11) is 0. The molecule has 6 nitrogen and oxygen atoms in total. The monoisotopic (exact) mass is 380 g/mol. The van der Waals surface area contributed by atoms with Crippen molar-refractivity contribution in [2.24, 2.45) is 5.92 Å². The Morgan fingerprint density at radius 1 is 1.18 bits per heavy atom. The van der Waals surface area contributed by atoms with Gasteiger partial charge in [-0.3, -0.25) is 0 Å². The van der Waals surface area contributed by atoms with Crippen molar-refractivity contribution in [2.45, 2.75) is 19.4 Å². The summed E-state index contributed by atoms with van der Waals surface area (Å²) in [6.45, 7) is 3.56. The van der Waals surface area contributed by atoms with Gasteiger partial charge in [-0.25, -0.2) is 9.18 Å². The van der Waals surface area contributed by atoms with E-state index in [0.29, 0.717) is 31.3 Å². The number of halogens is 1. The maximum absolute atomic E-state index is 13.0. The van der Waals surface area contributed by atoms with E-state index >= 15 is 0 Å². The van der Waals surface area contributed by atoms with Crippen molar-refractivity contribution in [3.05, 3.63) is 71.9 Å². The fraction of sp³-hybridized carbons (Fsp3) is 0.286. The first-order chi connectivity index (χ1) is 13.6. The molecule has 0 aliphatic carbocycles. The van der Waals surface area contributed by atoms with Crippen molar-refractivity contribution in [3.8, 4) is 11.4 Å². The molecular formula is C21H21FN4O2. The van der Waals surface area contributed by atoms with Gasteiger partial charge in [-0.15, -0.1) is 0 Å². The number of hydrogen-bond acceptors (Lipinski definition) is 4. The first kappa shape index (κ1) is 18.2. The summed E-state index contributed by atoms with van der Waals surface area (Å²) in [6, 6.07) is 15.6. The van der Waals surface area contributed by atoms with E-state index < -0.39 is 0 Å². The SMILES string of the molecule is C[C@H]1CN(C(=O)NCc2ccc(F)cc2)C[C@@H]1c1nc(-c2ccccc2)no1. The van der Waals surface area contributed by atoms with Crippen LogP contribution in [0.2, 0.25) is 0 Å². The lowest BCUT2D eigenvalue weighted by Crippen LogP contribution is -2.38. The second-order valence-corrected chi connectivity index (χ2v) is 7.10. The molecule has 0 saturated carbocycles. The fourth-order valence-corrected chi connectivity index (χ4v) is 3.44. The third-order valence-corrected chi connectivity index (χ3v) is 5.05. The standard InChI is InChI=1S/C21H21FN4O2/c1-14-12-26(21(27)23-11-15-7-9-17(22)10-8-15)13-18(14)20-24-19(25-28-20)16-5-3-2-4-6-16/h2-10,14,18H,11-13H2,1H3,(H,23,27)/t14-,18-/m0/s1. The van der Waals surface area contributed by atoms with Crippen LogP contribution in [0.4, 0.5) is 9.18 Å². The van der Waals surface area contributed by atoms with E-state index in [1.165, 1.54) is 12.1 Å². The number of carbonyl (C=O) groups is 1. The molecule has 2 aromatic carbocycles. The molecule has 1 aliphatic rings. The molecule has 0 spiro atoms. The summed E-state index contributed by atoms with van der Waals surface area (Å²) in [5, 5.41) is 6.96. The van der Waals surface area contributed by atoms with Crippen LogP contribution in [0.3, 0.4) is 0 Å². The van der Waals surface area contributed by atoms with Gasteiger partial charge in [-0.1, -0.05) is 54.5 Å². The number of likely N-dealkylation sites (tertiary alicyclic amines) is 1. The molecule has 2 amide bonds. The van der Waals surface area contributed by atoms with Crippen LogP contribution in [0.15, 0.2) is 59.1 Å². The predicted molar refractivity (Wildman–Crippen MR) is 102 cm³/mol. The van der Waals surface area contributed by atoms with E-state index in [9.17, 15) is 9.18 Å². The van der Waals surface area contributed by atoms with Crippen molar-refractivity contribution in [1.82, 2.24) is 20.4 Å². The van der Waals surface area contributed by atoms with Gasteiger partial charge in [0.25, 0.3) is 0 Å². The molecule has 1 fully saturated rings. The molecule has 2 heterocycles. The topological polar surface area (TPSA) is 71.3 Å². The van der Waals surface area contributed by atoms with Crippen LogP contribution in [0.5, 0.6) is 0 Å². The summed E-state index contributed by atoms with van der Waals surface area (Å²) in [6.07, 6.45) is 0. The molecule has 144 valence electrons. The molecule has 3 aromatic rings. The average Bonchev–Trinajstić information content (AvgIpc) is 3.35. The van der Waals surface area contributed by atoms with Crippen LogP contribution in [0.1, 0.15) is 24.3 Å². The molecule has 2 atom stereocenters. The summed E-state index contributed by atoms with van der Waals surface area (Å²) in [5.74, 6) is 1.03. The largest absolute Gasteiger partial charge is 0.339 e. The van der Waals surface area contributed by atoms with Gasteiger partial charge in [0.2, 0.25) is 11.7 Å². The van der Waals surface area contributed by atoms with E-state index in [2.05, 4.69) is 22.4 Å². The normalized spacial score (nSPS) is 19.0. The van der Waals surface area contributed by atoms with Crippen molar-refractivity contribution >= 4 is 6.03 Å². The van der Waals surface area contributed by atoms with Crippen LogP contribution < -0.4 is 5.32 Å². The summed E-state index contributed by atoms with van der Waals surface area (Å²) in [4.78, 5) is 18.8. The van der Waals surface area contributed by atoms with E-state index in [1.54, 1.807) is 17.0 Å². The van der Waals surface area contributed by atoms with E-state index in [4.69, 9.17) is 4.52 Å². The number of hydrogen-bond donors (Lipinski definition) is 1. The minimum Gasteiger partial charge on any atom is -0.339 e. The Kier molecular flexibility index (Phi) is 5.06. The van der Waals surface area contributed by atoms with Gasteiger partial charge >= 0.3 is 6.03 Å². The van der Waals surface area contributed by atoms with Gasteiger partial charge in [-0.05, 0) is 23.6 Å². The smallest absolute Gasteiger partial charge is 0.317 e. The van der Waals surface area contributed by atoms with Gasteiger partial charge in [0.1, 0.15) is 5.82 Å². The van der Waals surface area contributed by atoms with Gasteiger partial charge < -0.3 is 14.7 Å². The zero-order valence-electron chi connectivity index (χ0n) is 15.5. The number of amides is 2. The molecule has 1 aromatic heterocycles. The second kappa shape index (κ2) is 7.80. The number of carbonyl (C=O) groups excluding carboxylic acids is 1. The average molecular weight is 380 g/mol. The number of nitrogens with one attached hydrogen (secondary N) is 1. The third-order valence-electron chi connectivity index (χ3n) is 5.05. The Morgan fingerprint density at radius 2 is 1.93 bits per heavy atom. The van der Waals surface area contributed by atoms with Gasteiger partial charge in [0.05, 0.1) is 5.92 Å². The maximum atomic E-state index is 13.0. The molecule has 7 heteroatoms. The minimum atomic E-state index is -0.291.